The quantitative estimate of drug-likeness (QED) is 0.352. The summed E-state index contributed by atoms with van der Waals surface area (Å²) in [5.41, 5.74) is 3.70. The molecule has 0 spiro atoms. The summed E-state index contributed by atoms with van der Waals surface area (Å²) < 4.78 is 26.8. The number of carbonyl (C=O) groups is 1. The number of ketones is 1. The average Bonchev–Trinajstić information content (AvgIpc) is 3.53. The largest absolute Gasteiger partial charge is 0.393 e. The predicted octanol–water partition coefficient (Wildman–Crippen LogP) is 2.73. The molecule has 4 N–H and O–H groups in total. The second kappa shape index (κ2) is 10.4. The number of hydrogen-bond acceptors (Lipinski definition) is 10. The number of aromatic nitrogens is 2. The number of nitrogens with zero attached hydrogens (tertiary/aromatic N) is 3. The molecule has 1 aliphatic heterocycles. The minimum Gasteiger partial charge on any atom is -0.393 e. The molecule has 2 aliphatic rings. The zero-order chi connectivity index (χ0) is 26.3. The molecular formula is C24H26ClN5O5S2. The Balaban J connectivity index is 1.32. The van der Waals surface area contributed by atoms with Crippen molar-refractivity contribution in [3.63, 3.8) is 0 Å². The maximum atomic E-state index is 13.5. The summed E-state index contributed by atoms with van der Waals surface area (Å²) in [5.74, 6) is -0.264. The van der Waals surface area contributed by atoms with Crippen molar-refractivity contribution in [2.24, 2.45) is 11.1 Å². The molecule has 1 aliphatic carbocycles. The van der Waals surface area contributed by atoms with Gasteiger partial charge < -0.3 is 10.4 Å². The number of fused-ring (bicyclic) bond motifs is 1. The third-order valence-corrected chi connectivity index (χ3v) is 8.47. The molecule has 196 valence electrons. The van der Waals surface area contributed by atoms with E-state index in [9.17, 15) is 18.3 Å². The number of thiophene rings is 1. The van der Waals surface area contributed by atoms with Crippen LogP contribution in [-0.4, -0.2) is 60.0 Å². The highest BCUT2D eigenvalue weighted by Crippen LogP contribution is 2.40. The number of aliphatic hydroxyl groups is 1. The van der Waals surface area contributed by atoms with Crippen LogP contribution in [0.4, 0.5) is 5.82 Å². The molecule has 0 amide bonds. The third-order valence-electron chi connectivity index (χ3n) is 6.82. The van der Waals surface area contributed by atoms with E-state index < -0.39 is 22.3 Å². The molecule has 1 fully saturated rings. The van der Waals surface area contributed by atoms with Crippen molar-refractivity contribution in [1.82, 2.24) is 14.9 Å². The van der Waals surface area contributed by atoms with Crippen molar-refractivity contribution in [2.45, 2.75) is 37.6 Å². The lowest BCUT2D eigenvalue weighted by molar-refractivity contribution is 0.101. The Morgan fingerprint density at radius 2 is 2.16 bits per heavy atom. The van der Waals surface area contributed by atoms with Gasteiger partial charge in [0.05, 0.1) is 29.2 Å². The Bertz CT molecular complexity index is 1430. The lowest BCUT2D eigenvalue weighted by Crippen LogP contribution is -2.24. The number of nitrogens with one attached hydrogen (secondary N) is 1. The monoisotopic (exact) mass is 563 g/mol. The van der Waals surface area contributed by atoms with E-state index in [1.807, 2.05) is 36.7 Å². The van der Waals surface area contributed by atoms with E-state index in [2.05, 4.69) is 24.4 Å². The van der Waals surface area contributed by atoms with E-state index in [4.69, 9.17) is 16.7 Å². The minimum absolute atomic E-state index is 0.0335. The molecule has 4 atom stereocenters. The van der Waals surface area contributed by atoms with Crippen molar-refractivity contribution in [2.75, 3.05) is 19.0 Å². The van der Waals surface area contributed by atoms with Crippen LogP contribution >= 0.6 is 22.9 Å². The van der Waals surface area contributed by atoms with Gasteiger partial charge in [-0.15, -0.1) is 11.3 Å². The first-order chi connectivity index (χ1) is 17.6. The van der Waals surface area contributed by atoms with Crippen LogP contribution in [0.25, 0.3) is 0 Å². The maximum Gasteiger partial charge on any atom is 0.333 e. The summed E-state index contributed by atoms with van der Waals surface area (Å²) in [6.07, 6.45) is 2.82. The van der Waals surface area contributed by atoms with Crippen molar-refractivity contribution in [3.8, 4) is 0 Å². The second-order valence-corrected chi connectivity index (χ2v) is 12.0. The van der Waals surface area contributed by atoms with Gasteiger partial charge in [0.25, 0.3) is 0 Å². The van der Waals surface area contributed by atoms with Gasteiger partial charge in [-0.05, 0) is 60.2 Å². The van der Waals surface area contributed by atoms with Crippen LogP contribution in [0.5, 0.6) is 0 Å². The Morgan fingerprint density at radius 1 is 1.35 bits per heavy atom. The molecule has 13 heteroatoms. The molecule has 0 bridgehead atoms. The van der Waals surface area contributed by atoms with Crippen LogP contribution in [0.1, 0.15) is 50.8 Å². The average molecular weight is 564 g/mol. The van der Waals surface area contributed by atoms with Gasteiger partial charge in [0.2, 0.25) is 5.78 Å². The van der Waals surface area contributed by atoms with Gasteiger partial charge in [0.15, 0.2) is 0 Å². The fourth-order valence-electron chi connectivity index (χ4n) is 5.14. The summed E-state index contributed by atoms with van der Waals surface area (Å²) >= 11 is 7.54. The summed E-state index contributed by atoms with van der Waals surface area (Å²) in [6.45, 7) is 0.563. The third kappa shape index (κ3) is 5.70. The van der Waals surface area contributed by atoms with Crippen LogP contribution in [0.2, 0.25) is 5.02 Å². The van der Waals surface area contributed by atoms with Crippen LogP contribution in [0, 0.1) is 5.92 Å². The molecule has 0 saturated heterocycles. The van der Waals surface area contributed by atoms with Crippen molar-refractivity contribution < 1.29 is 22.5 Å². The molecule has 0 radical (unpaired) electrons. The summed E-state index contributed by atoms with van der Waals surface area (Å²) in [7, 11) is -2.05. The molecule has 1 saturated carbocycles. The van der Waals surface area contributed by atoms with Gasteiger partial charge in [-0.1, -0.05) is 17.7 Å². The number of benzene rings is 1. The molecular weight excluding hydrogens is 538 g/mol. The first kappa shape index (κ1) is 26.2. The van der Waals surface area contributed by atoms with Crippen molar-refractivity contribution >= 4 is 44.8 Å². The highest BCUT2D eigenvalue weighted by Gasteiger charge is 2.35. The van der Waals surface area contributed by atoms with E-state index in [-0.39, 0.29) is 24.5 Å². The van der Waals surface area contributed by atoms with E-state index >= 15 is 0 Å². The Kier molecular flexibility index (Phi) is 7.33. The SMILES string of the molecule is CN1Cc2cc(Cl)ccc2[C@H]1c1csc(C(=O)c2cncnc2N[C@@H]2C[C@H](COS(N)(=O)=O)[C@@H](O)C2)c1. The zero-order valence-electron chi connectivity index (χ0n) is 19.9. The number of nitrogens with two attached hydrogens (primary N) is 1. The van der Waals surface area contributed by atoms with Gasteiger partial charge in [-0.25, -0.2) is 15.1 Å². The Hall–Kier alpha value is -2.45. The molecule has 2 aromatic heterocycles. The number of aliphatic hydroxyl groups excluding tert-OH is 1. The van der Waals surface area contributed by atoms with Crippen LogP contribution in [0.15, 0.2) is 42.2 Å². The van der Waals surface area contributed by atoms with Gasteiger partial charge in [0.1, 0.15) is 12.1 Å². The second-order valence-electron chi connectivity index (χ2n) is 9.44. The topological polar surface area (TPSA) is 148 Å². The van der Waals surface area contributed by atoms with E-state index in [0.29, 0.717) is 34.1 Å². The fourth-order valence-corrected chi connectivity index (χ4v) is 6.58. The fraction of sp³-hybridized carbons (Fsp3) is 0.375. The summed E-state index contributed by atoms with van der Waals surface area (Å²) in [5, 5.41) is 21.2. The standard InChI is InChI=1S/C24H26ClN5O5S2/c1-30-9-13-4-16(25)2-3-18(13)22(30)15-6-21(36-11-15)23(32)19-8-27-12-28-24(19)29-17-5-14(20(31)7-17)10-35-37(26,33)34/h2-4,6,8,11-12,14,17,20,22,31H,5,7,9-10H2,1H3,(H2,26,33,34)(H,27,28,29)/t14-,17-,20+,22-/m1/s1. The Labute approximate surface area is 223 Å². The maximum absolute atomic E-state index is 13.5. The predicted molar refractivity (Wildman–Crippen MR) is 140 cm³/mol. The molecule has 0 unspecified atom stereocenters. The normalized spacial score (nSPS) is 23.8. The number of carbonyl (C=O) groups excluding carboxylic acids is 1. The Morgan fingerprint density at radius 3 is 2.95 bits per heavy atom. The zero-order valence-corrected chi connectivity index (χ0v) is 22.3. The van der Waals surface area contributed by atoms with Gasteiger partial charge in [0, 0.05) is 29.7 Å². The van der Waals surface area contributed by atoms with E-state index in [0.717, 1.165) is 12.1 Å². The number of anilines is 1. The molecule has 3 heterocycles. The molecule has 3 aromatic rings. The molecule has 5 rings (SSSR count). The summed E-state index contributed by atoms with van der Waals surface area (Å²) in [6, 6.07) is 7.61. The van der Waals surface area contributed by atoms with Gasteiger partial charge in [-0.3, -0.25) is 13.9 Å². The molecule has 37 heavy (non-hydrogen) atoms. The highest BCUT2D eigenvalue weighted by atomic mass is 35.5. The van der Waals surface area contributed by atoms with Crippen LogP contribution in [0.3, 0.4) is 0 Å². The van der Waals surface area contributed by atoms with E-state index in [1.165, 1.54) is 35.0 Å². The smallest absolute Gasteiger partial charge is 0.333 e. The van der Waals surface area contributed by atoms with E-state index in [1.54, 1.807) is 0 Å². The first-order valence-corrected chi connectivity index (χ1v) is 14.4. The lowest BCUT2D eigenvalue weighted by atomic mass is 9.99. The van der Waals surface area contributed by atoms with Crippen molar-refractivity contribution in [1.29, 1.82) is 0 Å². The molecule has 1 aromatic carbocycles. The first-order valence-electron chi connectivity index (χ1n) is 11.6. The number of rotatable bonds is 8. The van der Waals surface area contributed by atoms with Crippen molar-refractivity contribution in [3.05, 3.63) is 74.3 Å². The van der Waals surface area contributed by atoms with Gasteiger partial charge >= 0.3 is 10.3 Å². The number of hydrogen-bond donors (Lipinski definition) is 3. The van der Waals surface area contributed by atoms with Crippen LogP contribution in [-0.2, 0) is 21.0 Å². The lowest BCUT2D eigenvalue weighted by Gasteiger charge is -2.19. The van der Waals surface area contributed by atoms with Crippen LogP contribution < -0.4 is 10.5 Å². The molecule has 10 nitrogen and oxygen atoms in total. The highest BCUT2D eigenvalue weighted by molar-refractivity contribution is 7.84. The minimum atomic E-state index is -4.09. The summed E-state index contributed by atoms with van der Waals surface area (Å²) in [4.78, 5) is 24.6. The van der Waals surface area contributed by atoms with Gasteiger partial charge in [-0.2, -0.15) is 8.42 Å². The number of halogens is 1.